The molecule has 1 fully saturated rings. The summed E-state index contributed by atoms with van der Waals surface area (Å²) in [4.78, 5) is 13.7. The number of amides is 1. The number of nitrogens with zero attached hydrogens (tertiary/aromatic N) is 1. The molecule has 132 valence electrons. The molecule has 1 saturated heterocycles. The summed E-state index contributed by atoms with van der Waals surface area (Å²) in [6.45, 7) is 2.81. The quantitative estimate of drug-likeness (QED) is 0.858. The lowest BCUT2D eigenvalue weighted by atomic mass is 10.1. The van der Waals surface area contributed by atoms with Crippen LogP contribution in [0.3, 0.4) is 0 Å². The number of aryl methyl sites for hydroxylation is 1. The van der Waals surface area contributed by atoms with Crippen LogP contribution in [0.25, 0.3) is 0 Å². The molecule has 0 bridgehead atoms. The van der Waals surface area contributed by atoms with Crippen molar-refractivity contribution in [3.8, 4) is 0 Å². The van der Waals surface area contributed by atoms with Gasteiger partial charge in [-0.25, -0.2) is 8.42 Å². The highest BCUT2D eigenvalue weighted by molar-refractivity contribution is 7.92. The van der Waals surface area contributed by atoms with E-state index < -0.39 is 10.0 Å². The van der Waals surface area contributed by atoms with Crippen LogP contribution < -0.4 is 9.62 Å². The van der Waals surface area contributed by atoms with Crippen molar-refractivity contribution in [2.45, 2.75) is 37.5 Å². The third kappa shape index (κ3) is 4.02. The van der Waals surface area contributed by atoms with Crippen molar-refractivity contribution < 1.29 is 13.2 Å². The molecule has 5 nitrogen and oxygen atoms in total. The fourth-order valence-corrected chi connectivity index (χ4v) is 4.03. The Hall–Kier alpha value is -2.34. The topological polar surface area (TPSA) is 66.5 Å². The van der Waals surface area contributed by atoms with Crippen molar-refractivity contribution in [2.75, 3.05) is 16.2 Å². The number of nitrogens with one attached hydrogen (secondary N) is 1. The molecule has 1 amide bonds. The van der Waals surface area contributed by atoms with Gasteiger partial charge in [0.15, 0.2) is 0 Å². The first-order valence-corrected chi connectivity index (χ1v) is 10.00. The number of benzene rings is 2. The van der Waals surface area contributed by atoms with Gasteiger partial charge in [0.1, 0.15) is 0 Å². The van der Waals surface area contributed by atoms with Crippen LogP contribution >= 0.6 is 0 Å². The second-order valence-corrected chi connectivity index (χ2v) is 7.88. The predicted molar refractivity (Wildman–Crippen MR) is 99.3 cm³/mol. The minimum absolute atomic E-state index is 0.112. The van der Waals surface area contributed by atoms with Crippen LogP contribution in [-0.2, 0) is 21.2 Å². The van der Waals surface area contributed by atoms with Gasteiger partial charge in [0.05, 0.1) is 4.90 Å². The molecular formula is C19H22N2O3S. The van der Waals surface area contributed by atoms with Crippen LogP contribution in [0.4, 0.5) is 11.4 Å². The molecule has 0 spiro atoms. The number of sulfonamides is 1. The normalized spacial score (nSPS) is 14.8. The van der Waals surface area contributed by atoms with E-state index in [9.17, 15) is 13.2 Å². The maximum atomic E-state index is 12.5. The molecule has 0 unspecified atom stereocenters. The first-order chi connectivity index (χ1) is 12.0. The lowest BCUT2D eigenvalue weighted by Gasteiger charge is -2.16. The number of carbonyl (C=O) groups is 1. The molecule has 3 rings (SSSR count). The molecule has 0 atom stereocenters. The summed E-state index contributed by atoms with van der Waals surface area (Å²) < 4.78 is 27.6. The predicted octanol–water partition coefficient (Wildman–Crippen LogP) is 3.57. The first-order valence-electron chi connectivity index (χ1n) is 8.52. The monoisotopic (exact) mass is 358 g/mol. The van der Waals surface area contributed by atoms with Crippen molar-refractivity contribution in [1.29, 1.82) is 0 Å². The van der Waals surface area contributed by atoms with Crippen molar-refractivity contribution in [2.24, 2.45) is 0 Å². The summed E-state index contributed by atoms with van der Waals surface area (Å²) in [6.07, 6.45) is 3.39. The summed E-state index contributed by atoms with van der Waals surface area (Å²) in [7, 11) is -3.62. The Bertz CT molecular complexity index is 843. The molecule has 2 aromatic carbocycles. The SMILES string of the molecule is CCCc1ccc(S(=O)(=O)Nc2ccc(N3CCCC3=O)cc2)cc1. The number of anilines is 2. The fraction of sp³-hybridized carbons (Fsp3) is 0.316. The van der Waals surface area contributed by atoms with E-state index in [1.807, 2.05) is 12.1 Å². The Labute approximate surface area is 148 Å². The molecule has 6 heteroatoms. The number of hydrogen-bond donors (Lipinski definition) is 1. The number of hydrogen-bond acceptors (Lipinski definition) is 3. The third-order valence-corrected chi connectivity index (χ3v) is 5.67. The number of carbonyl (C=O) groups excluding carboxylic acids is 1. The van der Waals surface area contributed by atoms with Crippen LogP contribution in [0.2, 0.25) is 0 Å². The maximum Gasteiger partial charge on any atom is 0.261 e. The van der Waals surface area contributed by atoms with E-state index in [1.165, 1.54) is 0 Å². The van der Waals surface area contributed by atoms with Crippen molar-refractivity contribution in [1.82, 2.24) is 0 Å². The van der Waals surface area contributed by atoms with Crippen LogP contribution in [0.5, 0.6) is 0 Å². The molecule has 25 heavy (non-hydrogen) atoms. The summed E-state index contributed by atoms with van der Waals surface area (Å²) in [5.41, 5.74) is 2.41. The first kappa shape index (κ1) is 17.5. The summed E-state index contributed by atoms with van der Waals surface area (Å²) >= 11 is 0. The van der Waals surface area contributed by atoms with E-state index in [2.05, 4.69) is 11.6 Å². The van der Waals surface area contributed by atoms with Gasteiger partial charge in [0.2, 0.25) is 5.91 Å². The zero-order valence-electron chi connectivity index (χ0n) is 14.2. The standard InChI is InChI=1S/C19H22N2O3S/c1-2-4-15-6-12-18(13-7-15)25(23,24)20-16-8-10-17(11-9-16)21-14-3-5-19(21)22/h6-13,20H,2-5,14H2,1H3. The smallest absolute Gasteiger partial charge is 0.261 e. The van der Waals surface area contributed by atoms with Gasteiger partial charge in [0, 0.05) is 24.3 Å². The van der Waals surface area contributed by atoms with Gasteiger partial charge in [0.25, 0.3) is 10.0 Å². The third-order valence-electron chi connectivity index (χ3n) is 4.28. The molecule has 2 aromatic rings. The van der Waals surface area contributed by atoms with Crippen molar-refractivity contribution >= 4 is 27.3 Å². The van der Waals surface area contributed by atoms with Crippen LogP contribution in [0.15, 0.2) is 53.4 Å². The van der Waals surface area contributed by atoms with Gasteiger partial charge in [-0.05, 0) is 54.8 Å². The van der Waals surface area contributed by atoms with Crippen LogP contribution in [0.1, 0.15) is 31.7 Å². The molecule has 1 aliphatic heterocycles. The Morgan fingerprint density at radius 3 is 2.28 bits per heavy atom. The summed E-state index contributed by atoms with van der Waals surface area (Å²) in [5, 5.41) is 0. The minimum Gasteiger partial charge on any atom is -0.312 e. The van der Waals surface area contributed by atoms with Gasteiger partial charge in [-0.1, -0.05) is 25.5 Å². The highest BCUT2D eigenvalue weighted by atomic mass is 32.2. The molecule has 1 heterocycles. The summed E-state index contributed by atoms with van der Waals surface area (Å²) in [5.74, 6) is 0.112. The Balaban J connectivity index is 1.73. The molecule has 0 saturated carbocycles. The maximum absolute atomic E-state index is 12.5. The van der Waals surface area contributed by atoms with Gasteiger partial charge < -0.3 is 4.90 Å². The Kier molecular flexibility index (Phi) is 5.08. The fourth-order valence-electron chi connectivity index (χ4n) is 2.97. The van der Waals surface area contributed by atoms with Gasteiger partial charge >= 0.3 is 0 Å². The van der Waals surface area contributed by atoms with Crippen LogP contribution in [0, 0.1) is 0 Å². The van der Waals surface area contributed by atoms with Gasteiger partial charge in [-0.2, -0.15) is 0 Å². The van der Waals surface area contributed by atoms with Crippen molar-refractivity contribution in [3.05, 3.63) is 54.1 Å². The van der Waals surface area contributed by atoms with E-state index in [4.69, 9.17) is 0 Å². The molecule has 0 aliphatic carbocycles. The zero-order valence-corrected chi connectivity index (χ0v) is 15.1. The average molecular weight is 358 g/mol. The highest BCUT2D eigenvalue weighted by Gasteiger charge is 2.21. The van der Waals surface area contributed by atoms with E-state index in [0.717, 1.165) is 30.5 Å². The Morgan fingerprint density at radius 2 is 1.72 bits per heavy atom. The molecular weight excluding hydrogens is 336 g/mol. The molecule has 1 aliphatic rings. The lowest BCUT2D eigenvalue weighted by Crippen LogP contribution is -2.23. The van der Waals surface area contributed by atoms with E-state index >= 15 is 0 Å². The molecule has 1 N–H and O–H groups in total. The second-order valence-electron chi connectivity index (χ2n) is 6.20. The van der Waals surface area contributed by atoms with Gasteiger partial charge in [-0.15, -0.1) is 0 Å². The van der Waals surface area contributed by atoms with E-state index in [1.54, 1.807) is 41.3 Å². The van der Waals surface area contributed by atoms with E-state index in [0.29, 0.717) is 18.7 Å². The average Bonchev–Trinajstić information content (AvgIpc) is 3.02. The zero-order chi connectivity index (χ0) is 17.9. The lowest BCUT2D eigenvalue weighted by molar-refractivity contribution is -0.117. The Morgan fingerprint density at radius 1 is 1.04 bits per heavy atom. The summed E-state index contributed by atoms with van der Waals surface area (Å²) in [6, 6.07) is 13.9. The van der Waals surface area contributed by atoms with Crippen LogP contribution in [-0.4, -0.2) is 20.9 Å². The molecule has 0 radical (unpaired) electrons. The highest BCUT2D eigenvalue weighted by Crippen LogP contribution is 2.24. The number of rotatable bonds is 6. The molecule has 0 aromatic heterocycles. The minimum atomic E-state index is -3.62. The van der Waals surface area contributed by atoms with E-state index in [-0.39, 0.29) is 10.8 Å². The second kappa shape index (κ2) is 7.27. The van der Waals surface area contributed by atoms with Gasteiger partial charge in [-0.3, -0.25) is 9.52 Å². The largest absolute Gasteiger partial charge is 0.312 e. The van der Waals surface area contributed by atoms with Crippen molar-refractivity contribution in [3.63, 3.8) is 0 Å².